The standard InChI is InChI=1S/C26H21N7O8S2/c1-41-18-10-6-16(7-11-18)14-27-24-23(25(35)31-30-24)29-28-17-8-12-19(13-9-17)42(37,38)32-22(34)15-33-26(36)20-4-2-3-5-21(20)43(33,39)40/h2-14H,15H2,1H3,(H,32,34)(H2,30,31,35)/b27-14+,29-28?. The van der Waals surface area contributed by atoms with Gasteiger partial charge in [0.25, 0.3) is 37.4 Å². The molecule has 0 radical (unpaired) electrons. The van der Waals surface area contributed by atoms with E-state index in [2.05, 4.69) is 25.4 Å². The summed E-state index contributed by atoms with van der Waals surface area (Å²) in [5.41, 5.74) is 0.0768. The number of nitrogens with one attached hydrogen (secondary N) is 3. The summed E-state index contributed by atoms with van der Waals surface area (Å²) in [5, 5.41) is 12.8. The molecule has 2 heterocycles. The molecule has 17 heteroatoms. The Balaban J connectivity index is 1.25. The van der Waals surface area contributed by atoms with Crippen LogP contribution in [0.4, 0.5) is 17.2 Å². The van der Waals surface area contributed by atoms with Crippen molar-refractivity contribution in [3.63, 3.8) is 0 Å². The summed E-state index contributed by atoms with van der Waals surface area (Å²) in [6.07, 6.45) is 1.50. The molecule has 2 amide bonds. The third-order valence-electron chi connectivity index (χ3n) is 6.05. The molecule has 3 N–H and O–H groups in total. The van der Waals surface area contributed by atoms with Gasteiger partial charge in [-0.2, -0.15) is 5.11 Å². The second-order valence-electron chi connectivity index (χ2n) is 8.84. The van der Waals surface area contributed by atoms with Crippen LogP contribution >= 0.6 is 0 Å². The number of sulfonamides is 2. The number of ether oxygens (including phenoxy) is 1. The fourth-order valence-corrected chi connectivity index (χ4v) is 6.42. The van der Waals surface area contributed by atoms with Gasteiger partial charge in [0.1, 0.15) is 17.2 Å². The highest BCUT2D eigenvalue weighted by atomic mass is 32.2. The van der Waals surface area contributed by atoms with Gasteiger partial charge in [-0.05, 0) is 66.2 Å². The number of fused-ring (bicyclic) bond motifs is 1. The molecular weight excluding hydrogens is 602 g/mol. The third-order valence-corrected chi connectivity index (χ3v) is 9.23. The van der Waals surface area contributed by atoms with Gasteiger partial charge in [-0.1, -0.05) is 12.1 Å². The van der Waals surface area contributed by atoms with E-state index < -0.39 is 44.0 Å². The minimum absolute atomic E-state index is 0.105. The van der Waals surface area contributed by atoms with Gasteiger partial charge in [0.15, 0.2) is 11.5 Å². The summed E-state index contributed by atoms with van der Waals surface area (Å²) >= 11 is 0. The van der Waals surface area contributed by atoms with E-state index in [1.165, 1.54) is 42.6 Å². The molecule has 1 aliphatic rings. The molecule has 0 saturated carbocycles. The Labute approximate surface area is 244 Å². The van der Waals surface area contributed by atoms with Crippen LogP contribution in [0.3, 0.4) is 0 Å². The van der Waals surface area contributed by atoms with Gasteiger partial charge in [-0.15, -0.1) is 5.11 Å². The first-order chi connectivity index (χ1) is 20.5. The van der Waals surface area contributed by atoms with Crippen LogP contribution in [0.2, 0.25) is 0 Å². The maximum atomic E-state index is 12.7. The molecule has 0 fully saturated rings. The molecule has 15 nitrogen and oxygen atoms in total. The first-order valence-electron chi connectivity index (χ1n) is 12.2. The van der Waals surface area contributed by atoms with E-state index in [9.17, 15) is 31.2 Å². The van der Waals surface area contributed by atoms with E-state index in [0.717, 1.165) is 17.7 Å². The zero-order valence-corrected chi connectivity index (χ0v) is 23.7. The number of aromatic amines is 2. The molecule has 5 rings (SSSR count). The number of azo groups is 1. The zero-order chi connectivity index (χ0) is 30.8. The van der Waals surface area contributed by atoms with Crippen molar-refractivity contribution in [1.29, 1.82) is 0 Å². The first kappa shape index (κ1) is 29.1. The topological polar surface area (TPSA) is 213 Å². The Hall–Kier alpha value is -5.42. The predicted octanol–water partition coefficient (Wildman–Crippen LogP) is 2.53. The Kier molecular flexibility index (Phi) is 7.75. The van der Waals surface area contributed by atoms with Crippen molar-refractivity contribution in [3.05, 3.63) is 94.3 Å². The molecule has 43 heavy (non-hydrogen) atoms. The molecule has 0 bridgehead atoms. The van der Waals surface area contributed by atoms with Crippen molar-refractivity contribution < 1.29 is 31.2 Å². The number of benzene rings is 3. The van der Waals surface area contributed by atoms with Gasteiger partial charge in [0.05, 0.1) is 23.3 Å². The second kappa shape index (κ2) is 11.5. The second-order valence-corrected chi connectivity index (χ2v) is 12.4. The molecule has 0 unspecified atom stereocenters. The Morgan fingerprint density at radius 1 is 0.977 bits per heavy atom. The third kappa shape index (κ3) is 5.97. The van der Waals surface area contributed by atoms with E-state index in [1.54, 1.807) is 36.1 Å². The number of hydrogen-bond donors (Lipinski definition) is 3. The van der Waals surface area contributed by atoms with Crippen LogP contribution in [0.25, 0.3) is 0 Å². The smallest absolute Gasteiger partial charge is 0.294 e. The maximum absolute atomic E-state index is 12.7. The number of methoxy groups -OCH3 is 1. The molecule has 1 aromatic heterocycles. The molecule has 0 aliphatic carbocycles. The van der Waals surface area contributed by atoms with Crippen molar-refractivity contribution in [3.8, 4) is 5.75 Å². The summed E-state index contributed by atoms with van der Waals surface area (Å²) < 4.78 is 57.9. The van der Waals surface area contributed by atoms with Gasteiger partial charge >= 0.3 is 0 Å². The monoisotopic (exact) mass is 623 g/mol. The van der Waals surface area contributed by atoms with Crippen LogP contribution in [0.5, 0.6) is 5.75 Å². The molecule has 0 spiro atoms. The summed E-state index contributed by atoms with van der Waals surface area (Å²) in [6, 6.07) is 17.2. The van der Waals surface area contributed by atoms with Crippen molar-refractivity contribution in [2.45, 2.75) is 9.79 Å². The average molecular weight is 624 g/mol. The number of hydrogen-bond acceptors (Lipinski definition) is 11. The molecule has 1 aliphatic heterocycles. The van der Waals surface area contributed by atoms with Crippen molar-refractivity contribution in [1.82, 2.24) is 19.2 Å². The fourth-order valence-electron chi connectivity index (χ4n) is 3.92. The molecular formula is C26H21N7O8S2. The van der Waals surface area contributed by atoms with E-state index >= 15 is 0 Å². The molecule has 220 valence electrons. The minimum Gasteiger partial charge on any atom is -0.497 e. The molecule has 0 atom stereocenters. The minimum atomic E-state index is -4.44. The summed E-state index contributed by atoms with van der Waals surface area (Å²) in [4.78, 5) is 40.8. The van der Waals surface area contributed by atoms with E-state index in [0.29, 0.717) is 10.1 Å². The van der Waals surface area contributed by atoms with Crippen LogP contribution in [0.15, 0.2) is 103 Å². The number of aliphatic imine (C=N–C) groups is 1. The quantitative estimate of drug-likeness (QED) is 0.186. The summed E-state index contributed by atoms with van der Waals surface area (Å²) in [5.74, 6) is -1.40. The normalized spacial score (nSPS) is 14.3. The number of amides is 2. The van der Waals surface area contributed by atoms with Crippen LogP contribution in [-0.4, -0.2) is 63.0 Å². The number of rotatable bonds is 9. The number of carbonyl (C=O) groups excluding carboxylic acids is 2. The number of carbonyl (C=O) groups is 2. The van der Waals surface area contributed by atoms with E-state index in [-0.39, 0.29) is 32.5 Å². The number of H-pyrrole nitrogens is 2. The van der Waals surface area contributed by atoms with Crippen LogP contribution < -0.4 is 15.0 Å². The zero-order valence-electron chi connectivity index (χ0n) is 22.1. The SMILES string of the molecule is COc1ccc(/C=N/c2[nH][nH]c(=O)c2N=Nc2ccc(S(=O)(=O)NC(=O)CN3C(=O)c4ccccc4S3(=O)=O)cc2)cc1. The lowest BCUT2D eigenvalue weighted by atomic mass is 10.2. The van der Waals surface area contributed by atoms with Crippen LogP contribution in [0.1, 0.15) is 15.9 Å². The fraction of sp³-hybridized carbons (Fsp3) is 0.0769. The summed E-state index contributed by atoms with van der Waals surface area (Å²) in [7, 11) is -7.20. The average Bonchev–Trinajstić information content (AvgIpc) is 3.44. The van der Waals surface area contributed by atoms with E-state index in [4.69, 9.17) is 4.74 Å². The molecule has 4 aromatic rings. The molecule has 3 aromatic carbocycles. The molecule has 0 saturated heterocycles. The number of nitrogens with zero attached hydrogens (tertiary/aromatic N) is 4. The highest BCUT2D eigenvalue weighted by molar-refractivity contribution is 7.90. The van der Waals surface area contributed by atoms with Crippen LogP contribution in [-0.2, 0) is 24.8 Å². The summed E-state index contributed by atoms with van der Waals surface area (Å²) in [6.45, 7) is -1.03. The lowest BCUT2D eigenvalue weighted by Crippen LogP contribution is -2.42. The van der Waals surface area contributed by atoms with Gasteiger partial charge in [0.2, 0.25) is 0 Å². The predicted molar refractivity (Wildman–Crippen MR) is 152 cm³/mol. The van der Waals surface area contributed by atoms with Crippen LogP contribution in [0, 0.1) is 0 Å². The van der Waals surface area contributed by atoms with E-state index in [1.807, 2.05) is 0 Å². The largest absolute Gasteiger partial charge is 0.497 e. The highest BCUT2D eigenvalue weighted by Crippen LogP contribution is 2.29. The highest BCUT2D eigenvalue weighted by Gasteiger charge is 2.42. The van der Waals surface area contributed by atoms with Gasteiger partial charge in [-0.3, -0.25) is 24.6 Å². The van der Waals surface area contributed by atoms with Gasteiger partial charge in [0, 0.05) is 6.21 Å². The Morgan fingerprint density at radius 2 is 1.67 bits per heavy atom. The lowest BCUT2D eigenvalue weighted by molar-refractivity contribution is -0.119. The Morgan fingerprint density at radius 3 is 2.35 bits per heavy atom. The first-order valence-corrected chi connectivity index (χ1v) is 15.1. The van der Waals surface area contributed by atoms with Crippen molar-refractivity contribution in [2.75, 3.05) is 13.7 Å². The Bertz CT molecular complexity index is 2050. The van der Waals surface area contributed by atoms with Crippen molar-refractivity contribution >= 4 is 55.3 Å². The maximum Gasteiger partial charge on any atom is 0.294 e. The lowest BCUT2D eigenvalue weighted by Gasteiger charge is -2.15. The van der Waals surface area contributed by atoms with Gasteiger partial charge < -0.3 is 4.74 Å². The van der Waals surface area contributed by atoms with Gasteiger partial charge in [-0.25, -0.2) is 30.9 Å². The number of aromatic nitrogens is 2. The van der Waals surface area contributed by atoms with Crippen molar-refractivity contribution in [2.24, 2.45) is 15.2 Å².